The molecule has 0 aromatic heterocycles. The molecule has 0 aliphatic carbocycles. The summed E-state index contributed by atoms with van der Waals surface area (Å²) in [6, 6.07) is 6.31. The van der Waals surface area contributed by atoms with E-state index in [1.165, 1.54) is 12.1 Å². The number of rotatable bonds is 3. The van der Waals surface area contributed by atoms with E-state index in [1.807, 2.05) is 6.08 Å². The molecule has 1 aromatic rings. The van der Waals surface area contributed by atoms with Gasteiger partial charge in [-0.3, -0.25) is 10.1 Å². The Labute approximate surface area is 75.8 Å². The van der Waals surface area contributed by atoms with Crippen LogP contribution in [0.5, 0.6) is 0 Å². The minimum absolute atomic E-state index is 0.102. The zero-order valence-electron chi connectivity index (χ0n) is 7.01. The highest BCUT2D eigenvalue weighted by Gasteiger charge is 2.01. The first-order valence-corrected chi connectivity index (χ1v) is 3.85. The van der Waals surface area contributed by atoms with Gasteiger partial charge >= 0.3 is 0 Å². The molecule has 1 aromatic carbocycles. The van der Waals surface area contributed by atoms with Gasteiger partial charge in [-0.05, 0) is 17.7 Å². The summed E-state index contributed by atoms with van der Waals surface area (Å²) in [4.78, 5) is 9.87. The van der Waals surface area contributed by atoms with Gasteiger partial charge in [-0.2, -0.15) is 0 Å². The molecule has 0 amide bonds. The van der Waals surface area contributed by atoms with Crippen LogP contribution in [0.2, 0.25) is 0 Å². The van der Waals surface area contributed by atoms with Gasteiger partial charge in [0, 0.05) is 18.7 Å². The fourth-order valence-electron chi connectivity index (χ4n) is 0.911. The topological polar surface area (TPSA) is 69.2 Å². The second-order valence-electron chi connectivity index (χ2n) is 2.49. The van der Waals surface area contributed by atoms with Crippen LogP contribution in [0.25, 0.3) is 6.08 Å². The smallest absolute Gasteiger partial charge is 0.269 e. The third-order valence-corrected chi connectivity index (χ3v) is 1.55. The Morgan fingerprint density at radius 3 is 2.46 bits per heavy atom. The molecule has 68 valence electrons. The summed E-state index contributed by atoms with van der Waals surface area (Å²) in [5, 5.41) is 10.3. The van der Waals surface area contributed by atoms with Crippen LogP contribution in [0.4, 0.5) is 5.69 Å². The number of non-ortho nitro benzene ring substituents is 1. The first-order valence-electron chi connectivity index (χ1n) is 3.85. The molecule has 0 aliphatic rings. The van der Waals surface area contributed by atoms with Crippen LogP contribution >= 0.6 is 0 Å². The van der Waals surface area contributed by atoms with Crippen LogP contribution in [0.15, 0.2) is 30.3 Å². The molecule has 0 fully saturated rings. The van der Waals surface area contributed by atoms with Crippen molar-refractivity contribution in [1.29, 1.82) is 0 Å². The highest BCUT2D eigenvalue weighted by molar-refractivity contribution is 5.51. The Hall–Kier alpha value is -1.68. The molecule has 4 heteroatoms. The van der Waals surface area contributed by atoms with Crippen molar-refractivity contribution in [2.24, 2.45) is 5.73 Å². The number of benzene rings is 1. The van der Waals surface area contributed by atoms with Gasteiger partial charge in [0.05, 0.1) is 4.92 Å². The molecule has 0 spiro atoms. The average Bonchev–Trinajstić information content (AvgIpc) is 2.15. The van der Waals surface area contributed by atoms with E-state index in [1.54, 1.807) is 18.2 Å². The third-order valence-electron chi connectivity index (χ3n) is 1.55. The molecule has 0 saturated carbocycles. The summed E-state index contributed by atoms with van der Waals surface area (Å²) in [7, 11) is 0. The number of hydrogen-bond donors (Lipinski definition) is 1. The molecule has 0 heterocycles. The van der Waals surface area contributed by atoms with Crippen LogP contribution in [0.1, 0.15) is 5.56 Å². The minimum atomic E-state index is -0.420. The van der Waals surface area contributed by atoms with Crippen molar-refractivity contribution >= 4 is 11.8 Å². The van der Waals surface area contributed by atoms with E-state index in [0.717, 1.165) is 5.56 Å². The van der Waals surface area contributed by atoms with E-state index in [9.17, 15) is 10.1 Å². The fourth-order valence-corrected chi connectivity index (χ4v) is 0.911. The van der Waals surface area contributed by atoms with Gasteiger partial charge in [-0.25, -0.2) is 0 Å². The largest absolute Gasteiger partial charge is 0.327 e. The Bertz CT molecular complexity index is 317. The molecule has 0 bridgehead atoms. The molecule has 0 unspecified atom stereocenters. The predicted octanol–water partition coefficient (Wildman–Crippen LogP) is 1.57. The summed E-state index contributed by atoms with van der Waals surface area (Å²) < 4.78 is 0. The Morgan fingerprint density at radius 1 is 1.38 bits per heavy atom. The van der Waals surface area contributed by atoms with E-state index >= 15 is 0 Å². The van der Waals surface area contributed by atoms with E-state index in [4.69, 9.17) is 5.73 Å². The standard InChI is InChI=1S/C9H10N2O2/c10-7-1-2-8-3-5-9(6-4-8)11(12)13/h1-6H,7,10H2. The average molecular weight is 178 g/mol. The molecular weight excluding hydrogens is 168 g/mol. The molecule has 1 rings (SSSR count). The lowest BCUT2D eigenvalue weighted by atomic mass is 10.2. The normalized spacial score (nSPS) is 10.5. The number of nitrogens with zero attached hydrogens (tertiary/aromatic N) is 1. The third kappa shape index (κ3) is 2.68. The van der Waals surface area contributed by atoms with Gasteiger partial charge in [-0.15, -0.1) is 0 Å². The van der Waals surface area contributed by atoms with E-state index in [0.29, 0.717) is 6.54 Å². The molecule has 0 aliphatic heterocycles. The zero-order chi connectivity index (χ0) is 9.68. The minimum Gasteiger partial charge on any atom is -0.327 e. The van der Waals surface area contributed by atoms with Crippen molar-refractivity contribution in [2.45, 2.75) is 0 Å². The SMILES string of the molecule is NCC=Cc1ccc([N+](=O)[O-])cc1. The van der Waals surface area contributed by atoms with Gasteiger partial charge < -0.3 is 5.73 Å². The maximum Gasteiger partial charge on any atom is 0.269 e. The number of nitrogens with two attached hydrogens (primary N) is 1. The summed E-state index contributed by atoms with van der Waals surface area (Å²) in [5.74, 6) is 0. The van der Waals surface area contributed by atoms with Gasteiger partial charge in [-0.1, -0.05) is 12.2 Å². The van der Waals surface area contributed by atoms with Gasteiger partial charge in [0.15, 0.2) is 0 Å². The zero-order valence-corrected chi connectivity index (χ0v) is 7.01. The van der Waals surface area contributed by atoms with Crippen molar-refractivity contribution in [1.82, 2.24) is 0 Å². The number of hydrogen-bond acceptors (Lipinski definition) is 3. The van der Waals surface area contributed by atoms with Crippen molar-refractivity contribution in [3.8, 4) is 0 Å². The molecule has 0 atom stereocenters. The second-order valence-corrected chi connectivity index (χ2v) is 2.49. The fraction of sp³-hybridized carbons (Fsp3) is 0.111. The molecule has 0 radical (unpaired) electrons. The van der Waals surface area contributed by atoms with Crippen LogP contribution in [0, 0.1) is 10.1 Å². The van der Waals surface area contributed by atoms with Gasteiger partial charge in [0.25, 0.3) is 5.69 Å². The summed E-state index contributed by atoms with van der Waals surface area (Å²) in [6.45, 7) is 0.469. The van der Waals surface area contributed by atoms with Crippen molar-refractivity contribution < 1.29 is 4.92 Å². The predicted molar refractivity (Wildman–Crippen MR) is 51.2 cm³/mol. The highest BCUT2D eigenvalue weighted by atomic mass is 16.6. The van der Waals surface area contributed by atoms with Crippen molar-refractivity contribution in [3.05, 3.63) is 46.0 Å². The molecule has 4 nitrogen and oxygen atoms in total. The molecule has 2 N–H and O–H groups in total. The van der Waals surface area contributed by atoms with E-state index in [-0.39, 0.29) is 5.69 Å². The second kappa shape index (κ2) is 4.37. The molecule has 0 saturated heterocycles. The number of nitro benzene ring substituents is 1. The Kier molecular flexibility index (Phi) is 3.16. The summed E-state index contributed by atoms with van der Waals surface area (Å²) in [6.07, 6.45) is 3.62. The lowest BCUT2D eigenvalue weighted by Gasteiger charge is -1.92. The Morgan fingerprint density at radius 2 is 2.00 bits per heavy atom. The van der Waals surface area contributed by atoms with Crippen LogP contribution in [0.3, 0.4) is 0 Å². The quantitative estimate of drug-likeness (QED) is 0.564. The van der Waals surface area contributed by atoms with E-state index < -0.39 is 4.92 Å². The monoisotopic (exact) mass is 178 g/mol. The van der Waals surface area contributed by atoms with Crippen molar-refractivity contribution in [2.75, 3.05) is 6.54 Å². The Balaban J connectivity index is 2.81. The lowest BCUT2D eigenvalue weighted by Crippen LogP contribution is -1.92. The van der Waals surface area contributed by atoms with E-state index in [2.05, 4.69) is 0 Å². The summed E-state index contributed by atoms with van der Waals surface area (Å²) >= 11 is 0. The first-order chi connectivity index (χ1) is 6.24. The maximum absolute atomic E-state index is 10.3. The van der Waals surface area contributed by atoms with Crippen LogP contribution in [-0.2, 0) is 0 Å². The molecule has 13 heavy (non-hydrogen) atoms. The maximum atomic E-state index is 10.3. The van der Waals surface area contributed by atoms with Crippen LogP contribution < -0.4 is 5.73 Å². The molecular formula is C9H10N2O2. The van der Waals surface area contributed by atoms with Gasteiger partial charge in [0.1, 0.15) is 0 Å². The first kappa shape index (κ1) is 9.41. The van der Waals surface area contributed by atoms with Crippen LogP contribution in [-0.4, -0.2) is 11.5 Å². The highest BCUT2D eigenvalue weighted by Crippen LogP contribution is 2.12. The van der Waals surface area contributed by atoms with Gasteiger partial charge in [0.2, 0.25) is 0 Å². The van der Waals surface area contributed by atoms with Crippen molar-refractivity contribution in [3.63, 3.8) is 0 Å². The summed E-state index contributed by atoms with van der Waals surface area (Å²) in [5.41, 5.74) is 6.27. The lowest BCUT2D eigenvalue weighted by molar-refractivity contribution is -0.384. The number of nitro groups is 1.